The highest BCUT2D eigenvalue weighted by atomic mass is 16.5. The molecule has 0 radical (unpaired) electrons. The molecule has 2 atom stereocenters. The van der Waals surface area contributed by atoms with Gasteiger partial charge in [-0.2, -0.15) is 0 Å². The first-order chi connectivity index (χ1) is 16.9. The van der Waals surface area contributed by atoms with Crippen molar-refractivity contribution in [3.05, 3.63) is 64.7 Å². The number of nitrogens with one attached hydrogen (secondary N) is 1. The first kappa shape index (κ1) is 19.3. The van der Waals surface area contributed by atoms with E-state index in [1.54, 1.807) is 0 Å². The molecule has 0 spiro atoms. The van der Waals surface area contributed by atoms with Crippen LogP contribution in [0, 0.1) is 0 Å². The molecule has 2 fully saturated rings. The minimum absolute atomic E-state index is 0.0882. The lowest BCUT2D eigenvalue weighted by Gasteiger charge is -2.29. The number of piperidine rings is 1. The Balaban J connectivity index is 1.30. The van der Waals surface area contributed by atoms with Crippen molar-refractivity contribution in [1.29, 1.82) is 0 Å². The molecule has 0 saturated carbocycles. The Morgan fingerprint density at radius 3 is 2.61 bits per heavy atom. The van der Waals surface area contributed by atoms with Gasteiger partial charge in [-0.05, 0) is 29.7 Å². The molecule has 0 aromatic heterocycles. The molecule has 3 amide bonds. The molecule has 33 heavy (non-hydrogen) atoms. The van der Waals surface area contributed by atoms with Gasteiger partial charge in [-0.25, -0.2) is 0 Å². The van der Waals surface area contributed by atoms with E-state index in [-0.39, 0.29) is 42.7 Å². The number of hydrogen-bond donors (Lipinski definition) is 1. The third-order valence-electron chi connectivity index (χ3n) is 6.20. The molecular weight excluding hydrogens is 422 g/mol. The van der Waals surface area contributed by atoms with Crippen molar-refractivity contribution in [2.45, 2.75) is 38.6 Å². The number of imide groups is 1. The predicted octanol–water partition coefficient (Wildman–Crippen LogP) is 1.86. The normalized spacial score (nSPS) is 24.2. The van der Waals surface area contributed by atoms with Crippen molar-refractivity contribution in [2.75, 3.05) is 26.3 Å². The highest BCUT2D eigenvalue weighted by Gasteiger charge is 2.40. The summed E-state index contributed by atoms with van der Waals surface area (Å²) in [6.45, 7) is 3.26. The summed E-state index contributed by atoms with van der Waals surface area (Å²) in [5.41, 5.74) is 2.66. The summed E-state index contributed by atoms with van der Waals surface area (Å²) in [7, 11) is 0. The van der Waals surface area contributed by atoms with Crippen LogP contribution in [0.5, 0.6) is 5.75 Å². The third-order valence-corrected chi connectivity index (χ3v) is 6.20. The van der Waals surface area contributed by atoms with E-state index in [1.165, 1.54) is 22.6 Å². The van der Waals surface area contributed by atoms with Gasteiger partial charge in [-0.15, -0.1) is 0 Å². The Labute approximate surface area is 195 Å². The van der Waals surface area contributed by atoms with Crippen molar-refractivity contribution in [3.8, 4) is 5.75 Å². The number of carbonyl (C=O) groups is 3. The number of benzene rings is 2. The SMILES string of the molecule is [2H]c1cc(OCc2ccc(CN3CCOCC3)cc2)c2c(c1)C(=O)N(C1CCC(=O)NC1=O)C2[2H]. The molecule has 0 aliphatic carbocycles. The molecule has 2 aromatic carbocycles. The Morgan fingerprint density at radius 2 is 1.85 bits per heavy atom. The van der Waals surface area contributed by atoms with Crippen molar-refractivity contribution in [2.24, 2.45) is 0 Å². The summed E-state index contributed by atoms with van der Waals surface area (Å²) < 4.78 is 28.2. The highest BCUT2D eigenvalue weighted by molar-refractivity contribution is 6.05. The first-order valence-electron chi connectivity index (χ1n) is 12.2. The van der Waals surface area contributed by atoms with E-state index in [9.17, 15) is 14.4 Å². The van der Waals surface area contributed by atoms with Gasteiger partial charge in [-0.1, -0.05) is 30.3 Å². The van der Waals surface area contributed by atoms with Gasteiger partial charge in [0, 0.05) is 37.2 Å². The van der Waals surface area contributed by atoms with Crippen LogP contribution in [0.2, 0.25) is 0 Å². The maximum Gasteiger partial charge on any atom is 0.255 e. The second kappa shape index (κ2) is 9.33. The van der Waals surface area contributed by atoms with Gasteiger partial charge in [0.2, 0.25) is 11.8 Å². The van der Waals surface area contributed by atoms with Gasteiger partial charge in [0.05, 0.1) is 22.5 Å². The number of rotatable bonds is 6. The van der Waals surface area contributed by atoms with Gasteiger partial charge < -0.3 is 14.4 Å². The molecule has 2 aromatic rings. The first-order valence-corrected chi connectivity index (χ1v) is 11.1. The van der Waals surface area contributed by atoms with Gasteiger partial charge in [0.1, 0.15) is 18.4 Å². The van der Waals surface area contributed by atoms with E-state index in [1.807, 2.05) is 12.1 Å². The number of amides is 3. The fourth-order valence-corrected chi connectivity index (χ4v) is 4.35. The summed E-state index contributed by atoms with van der Waals surface area (Å²) in [6.07, 6.45) is 0.276. The van der Waals surface area contributed by atoms with Crippen LogP contribution in [-0.2, 0) is 34.0 Å². The van der Waals surface area contributed by atoms with Crippen molar-refractivity contribution >= 4 is 17.7 Å². The maximum absolute atomic E-state index is 13.1. The molecule has 3 aliphatic rings. The van der Waals surface area contributed by atoms with Crippen LogP contribution in [0.25, 0.3) is 0 Å². The summed E-state index contributed by atoms with van der Waals surface area (Å²) >= 11 is 0. The largest absolute Gasteiger partial charge is 0.489 e. The Bertz CT molecular complexity index is 1150. The van der Waals surface area contributed by atoms with E-state index < -0.39 is 24.4 Å². The van der Waals surface area contributed by atoms with E-state index in [0.717, 1.165) is 38.4 Å². The van der Waals surface area contributed by atoms with Gasteiger partial charge >= 0.3 is 0 Å². The molecule has 2 saturated heterocycles. The molecule has 8 nitrogen and oxygen atoms in total. The van der Waals surface area contributed by atoms with Crippen molar-refractivity contribution in [1.82, 2.24) is 15.1 Å². The fraction of sp³-hybridized carbons (Fsp3) is 0.400. The number of nitrogens with zero attached hydrogens (tertiary/aromatic N) is 2. The van der Waals surface area contributed by atoms with E-state index >= 15 is 0 Å². The summed E-state index contributed by atoms with van der Waals surface area (Å²) in [5, 5.41) is 2.24. The zero-order valence-electron chi connectivity index (χ0n) is 20.2. The number of carbonyl (C=O) groups excluding carboxylic acids is 3. The third kappa shape index (κ3) is 4.62. The summed E-state index contributed by atoms with van der Waals surface area (Å²) in [5.74, 6) is -1.18. The van der Waals surface area contributed by atoms with Crippen LogP contribution >= 0.6 is 0 Å². The number of ether oxygens (including phenoxy) is 2. The molecule has 2 unspecified atom stereocenters. The minimum atomic E-state index is -1.16. The maximum atomic E-state index is 13.1. The summed E-state index contributed by atoms with van der Waals surface area (Å²) in [6, 6.07) is 10.2. The number of fused-ring (bicyclic) bond motifs is 1. The monoisotopic (exact) mass is 451 g/mol. The minimum Gasteiger partial charge on any atom is -0.489 e. The van der Waals surface area contributed by atoms with Gasteiger partial charge in [0.15, 0.2) is 0 Å². The molecule has 1 N–H and O–H groups in total. The van der Waals surface area contributed by atoms with Crippen LogP contribution in [0.4, 0.5) is 0 Å². The number of morpholine rings is 1. The molecule has 3 heterocycles. The summed E-state index contributed by atoms with van der Waals surface area (Å²) in [4.78, 5) is 40.5. The second-order valence-electron chi connectivity index (χ2n) is 8.45. The lowest BCUT2D eigenvalue weighted by molar-refractivity contribution is -0.136. The van der Waals surface area contributed by atoms with Crippen molar-refractivity contribution < 1.29 is 26.6 Å². The average molecular weight is 452 g/mol. The van der Waals surface area contributed by atoms with Crippen molar-refractivity contribution in [3.63, 3.8) is 0 Å². The standard InChI is InChI=1S/C25H27N3O5/c29-23-9-8-21(24(30)26-23)28-15-20-19(25(28)31)2-1-3-22(20)33-16-18-6-4-17(5-7-18)14-27-10-12-32-13-11-27/h1-7,21H,8-16H2,(H,26,29,30)/i1D,15D. The van der Waals surface area contributed by atoms with Crippen LogP contribution in [-0.4, -0.2) is 59.9 Å². The molecule has 3 aliphatic heterocycles. The lowest BCUT2D eigenvalue weighted by Crippen LogP contribution is -2.52. The van der Waals surface area contributed by atoms with E-state index in [2.05, 4.69) is 22.3 Å². The Hall–Kier alpha value is -3.23. The molecule has 0 bridgehead atoms. The lowest BCUT2D eigenvalue weighted by atomic mass is 10.0. The fourth-order valence-electron chi connectivity index (χ4n) is 4.35. The van der Waals surface area contributed by atoms with Crippen LogP contribution in [0.15, 0.2) is 42.4 Å². The highest BCUT2D eigenvalue weighted by Crippen LogP contribution is 2.34. The molecule has 8 heteroatoms. The molecular formula is C25H27N3O5. The van der Waals surface area contributed by atoms with Crippen LogP contribution in [0.1, 0.15) is 42.6 Å². The van der Waals surface area contributed by atoms with Gasteiger partial charge in [-0.3, -0.25) is 24.6 Å². The quantitative estimate of drug-likeness (QED) is 0.675. The Kier molecular flexibility index (Phi) is 5.44. The van der Waals surface area contributed by atoms with E-state index in [4.69, 9.17) is 12.2 Å². The number of hydrogen-bond acceptors (Lipinski definition) is 6. The Morgan fingerprint density at radius 1 is 1.09 bits per heavy atom. The average Bonchev–Trinajstić information content (AvgIpc) is 3.09. The second-order valence-corrected chi connectivity index (χ2v) is 8.45. The van der Waals surface area contributed by atoms with Gasteiger partial charge in [0.25, 0.3) is 5.91 Å². The topological polar surface area (TPSA) is 88.2 Å². The molecule has 5 rings (SSSR count). The van der Waals surface area contributed by atoms with E-state index in [0.29, 0.717) is 5.56 Å². The predicted molar refractivity (Wildman–Crippen MR) is 119 cm³/mol. The smallest absolute Gasteiger partial charge is 0.255 e. The zero-order chi connectivity index (χ0) is 24.5. The molecule has 172 valence electrons. The van der Waals surface area contributed by atoms with Crippen LogP contribution < -0.4 is 10.1 Å². The zero-order valence-corrected chi connectivity index (χ0v) is 18.2. The van der Waals surface area contributed by atoms with Crippen LogP contribution in [0.3, 0.4) is 0 Å².